The lowest BCUT2D eigenvalue weighted by molar-refractivity contribution is 0.354. The van der Waals surface area contributed by atoms with Gasteiger partial charge in [0.1, 0.15) is 0 Å². The first-order valence-corrected chi connectivity index (χ1v) is 9.72. The predicted octanol–water partition coefficient (Wildman–Crippen LogP) is 6.33. The van der Waals surface area contributed by atoms with Gasteiger partial charge in [0.05, 0.1) is 0 Å². The molecule has 128 valence electrons. The van der Waals surface area contributed by atoms with Crippen molar-refractivity contribution in [2.75, 3.05) is 0 Å². The Hall–Kier alpha value is -2.97. The molecule has 1 unspecified atom stereocenters. The second-order valence-corrected chi connectivity index (χ2v) is 7.84. The van der Waals surface area contributed by atoms with Gasteiger partial charge in [-0.25, -0.2) is 0 Å². The first-order chi connectivity index (χ1) is 12.5. The highest BCUT2D eigenvalue weighted by atomic mass is 31.2. The van der Waals surface area contributed by atoms with Crippen LogP contribution in [-0.2, 0) is 4.57 Å². The SMILES string of the molecule is C=C(C)c1ccc(-c2c(-c3ccccc3)cc3c4c2OP(=O)(O3)O4)cc1. The molecule has 0 saturated carbocycles. The average Bonchev–Trinajstić information content (AvgIpc) is 3.16. The van der Waals surface area contributed by atoms with Crippen LogP contribution in [0.2, 0.25) is 0 Å². The van der Waals surface area contributed by atoms with E-state index in [1.54, 1.807) is 0 Å². The second kappa shape index (κ2) is 5.26. The Morgan fingerprint density at radius 2 is 1.58 bits per heavy atom. The number of fused-ring (bicyclic) bond motifs is 1. The summed E-state index contributed by atoms with van der Waals surface area (Å²) in [4.78, 5) is 0. The smallest absolute Gasteiger partial charge is 0.382 e. The summed E-state index contributed by atoms with van der Waals surface area (Å²) >= 11 is 0. The maximum absolute atomic E-state index is 12.4. The molecule has 4 nitrogen and oxygen atoms in total. The van der Waals surface area contributed by atoms with E-state index in [0.717, 1.165) is 33.4 Å². The van der Waals surface area contributed by atoms with E-state index in [0.29, 0.717) is 17.2 Å². The Morgan fingerprint density at radius 3 is 2.23 bits per heavy atom. The highest BCUT2D eigenvalue weighted by Gasteiger charge is 2.51. The molecule has 0 N–H and O–H groups in total. The van der Waals surface area contributed by atoms with Gasteiger partial charge < -0.3 is 13.6 Å². The van der Waals surface area contributed by atoms with Crippen LogP contribution < -0.4 is 13.6 Å². The van der Waals surface area contributed by atoms with Crippen LogP contribution in [0.4, 0.5) is 0 Å². The first kappa shape index (κ1) is 15.3. The van der Waals surface area contributed by atoms with E-state index in [1.165, 1.54) is 0 Å². The van der Waals surface area contributed by atoms with Crippen molar-refractivity contribution >= 4 is 13.4 Å². The molecule has 1 atom stereocenters. The molecule has 0 spiro atoms. The van der Waals surface area contributed by atoms with Gasteiger partial charge in [-0.1, -0.05) is 66.7 Å². The number of allylic oxidation sites excluding steroid dienone is 1. The number of rotatable bonds is 3. The van der Waals surface area contributed by atoms with Crippen LogP contribution in [0, 0.1) is 0 Å². The fraction of sp³-hybridized carbons (Fsp3) is 0.0476. The standard InChI is InChI=1S/C21H15O4P/c1-13(2)14-8-10-16(11-9-14)19-17(15-6-4-3-5-7-15)12-18-20-21(19)25-26(22,23-18)24-20/h3-12H,1H2,2H3. The van der Waals surface area contributed by atoms with Gasteiger partial charge in [-0.15, -0.1) is 0 Å². The van der Waals surface area contributed by atoms with Crippen molar-refractivity contribution in [1.82, 2.24) is 0 Å². The molecule has 2 aliphatic rings. The van der Waals surface area contributed by atoms with Gasteiger partial charge in [-0.2, -0.15) is 4.57 Å². The van der Waals surface area contributed by atoms with Crippen molar-refractivity contribution in [3.8, 4) is 39.5 Å². The average molecular weight is 362 g/mol. The van der Waals surface area contributed by atoms with E-state index in [-0.39, 0.29) is 0 Å². The number of benzene rings is 3. The van der Waals surface area contributed by atoms with Crippen molar-refractivity contribution in [3.63, 3.8) is 0 Å². The topological polar surface area (TPSA) is 44.8 Å². The summed E-state index contributed by atoms with van der Waals surface area (Å²) in [6.45, 7) is 5.95. The molecule has 3 aromatic rings. The molecule has 0 amide bonds. The minimum Gasteiger partial charge on any atom is -0.382 e. The summed E-state index contributed by atoms with van der Waals surface area (Å²) in [6.07, 6.45) is 0. The fourth-order valence-electron chi connectivity index (χ4n) is 3.31. The molecule has 0 fully saturated rings. The highest BCUT2D eigenvalue weighted by Crippen LogP contribution is 2.71. The van der Waals surface area contributed by atoms with Crippen LogP contribution in [0.5, 0.6) is 17.2 Å². The quantitative estimate of drug-likeness (QED) is 0.511. The van der Waals surface area contributed by atoms with E-state index >= 15 is 0 Å². The zero-order valence-corrected chi connectivity index (χ0v) is 15.0. The summed E-state index contributed by atoms with van der Waals surface area (Å²) in [7, 11) is -3.55. The van der Waals surface area contributed by atoms with Gasteiger partial charge in [0.15, 0.2) is 11.5 Å². The largest absolute Gasteiger partial charge is 0.647 e. The second-order valence-electron chi connectivity index (χ2n) is 6.40. The lowest BCUT2D eigenvalue weighted by atomic mass is 9.92. The van der Waals surface area contributed by atoms with E-state index in [2.05, 4.69) is 6.58 Å². The molecule has 2 aliphatic heterocycles. The highest BCUT2D eigenvalue weighted by molar-refractivity contribution is 7.50. The number of phosphoric ester groups is 1. The van der Waals surface area contributed by atoms with Gasteiger partial charge in [-0.3, -0.25) is 0 Å². The minimum absolute atomic E-state index is 0.423. The third-order valence-corrected chi connectivity index (χ3v) is 5.80. The van der Waals surface area contributed by atoms with Crippen LogP contribution in [0.3, 0.4) is 0 Å². The molecular weight excluding hydrogens is 347 g/mol. The summed E-state index contributed by atoms with van der Waals surface area (Å²) in [5, 5.41) is 0. The monoisotopic (exact) mass is 362 g/mol. The zero-order chi connectivity index (χ0) is 17.9. The number of hydrogen-bond donors (Lipinski definition) is 0. The maximum Gasteiger partial charge on any atom is 0.647 e. The molecule has 3 aromatic carbocycles. The fourth-order valence-corrected chi connectivity index (χ4v) is 4.59. The van der Waals surface area contributed by atoms with Crippen molar-refractivity contribution < 1.29 is 18.1 Å². The molecule has 2 bridgehead atoms. The predicted molar refractivity (Wildman–Crippen MR) is 102 cm³/mol. The van der Waals surface area contributed by atoms with Crippen LogP contribution in [-0.4, -0.2) is 0 Å². The molecule has 0 radical (unpaired) electrons. The molecule has 0 saturated heterocycles. The molecule has 5 rings (SSSR count). The third kappa shape index (κ3) is 2.19. The van der Waals surface area contributed by atoms with Gasteiger partial charge in [0.25, 0.3) is 0 Å². The lowest BCUT2D eigenvalue weighted by Crippen LogP contribution is -2.00. The number of phosphoric acid groups is 1. The van der Waals surface area contributed by atoms with Crippen molar-refractivity contribution in [1.29, 1.82) is 0 Å². The molecule has 0 aliphatic carbocycles. The third-order valence-electron chi connectivity index (χ3n) is 4.57. The molecular formula is C21H15O4P. The molecule has 2 heterocycles. The molecule has 0 aromatic heterocycles. The van der Waals surface area contributed by atoms with Gasteiger partial charge in [0.2, 0.25) is 5.75 Å². The van der Waals surface area contributed by atoms with Crippen LogP contribution >= 0.6 is 7.82 Å². The van der Waals surface area contributed by atoms with E-state index in [1.807, 2.05) is 67.6 Å². The van der Waals surface area contributed by atoms with E-state index < -0.39 is 7.82 Å². The van der Waals surface area contributed by atoms with E-state index in [4.69, 9.17) is 13.6 Å². The van der Waals surface area contributed by atoms with Crippen molar-refractivity contribution in [2.24, 2.45) is 0 Å². The lowest BCUT2D eigenvalue weighted by Gasteiger charge is -2.18. The van der Waals surface area contributed by atoms with Crippen LogP contribution in [0.15, 0.2) is 67.2 Å². The summed E-state index contributed by atoms with van der Waals surface area (Å²) < 4.78 is 28.8. The summed E-state index contributed by atoms with van der Waals surface area (Å²) in [6, 6.07) is 19.9. The van der Waals surface area contributed by atoms with Crippen LogP contribution in [0.25, 0.3) is 27.8 Å². The van der Waals surface area contributed by atoms with Crippen LogP contribution in [0.1, 0.15) is 12.5 Å². The Bertz CT molecular complexity index is 1100. The Labute approximate surface area is 151 Å². The number of hydrogen-bond acceptors (Lipinski definition) is 4. The van der Waals surface area contributed by atoms with Gasteiger partial charge in [-0.05, 0) is 35.2 Å². The van der Waals surface area contributed by atoms with Gasteiger partial charge >= 0.3 is 7.82 Å². The zero-order valence-electron chi connectivity index (χ0n) is 14.1. The normalized spacial score (nSPS) is 18.8. The first-order valence-electron chi connectivity index (χ1n) is 8.26. The van der Waals surface area contributed by atoms with Crippen molar-refractivity contribution in [3.05, 3.63) is 72.8 Å². The molecule has 26 heavy (non-hydrogen) atoms. The molecule has 5 heteroatoms. The van der Waals surface area contributed by atoms with E-state index in [9.17, 15) is 4.57 Å². The van der Waals surface area contributed by atoms with Crippen molar-refractivity contribution in [2.45, 2.75) is 6.92 Å². The maximum atomic E-state index is 12.4. The summed E-state index contributed by atoms with van der Waals surface area (Å²) in [5.74, 6) is 1.38. The minimum atomic E-state index is -3.55. The Balaban J connectivity index is 1.77. The Morgan fingerprint density at radius 1 is 0.885 bits per heavy atom. The summed E-state index contributed by atoms with van der Waals surface area (Å²) in [5.41, 5.74) is 5.84. The Kier molecular flexibility index (Phi) is 3.10. The van der Waals surface area contributed by atoms with Gasteiger partial charge in [0, 0.05) is 5.56 Å².